The number of nitrogens with zero attached hydrogens (tertiary/aromatic N) is 1. The third-order valence-electron chi connectivity index (χ3n) is 3.98. The van der Waals surface area contributed by atoms with E-state index >= 15 is 0 Å². The van der Waals surface area contributed by atoms with E-state index in [2.05, 4.69) is 30.1 Å². The first-order valence-corrected chi connectivity index (χ1v) is 9.05. The summed E-state index contributed by atoms with van der Waals surface area (Å²) in [6, 6.07) is 19.4. The van der Waals surface area contributed by atoms with Gasteiger partial charge in [0.05, 0.1) is 10.7 Å². The van der Waals surface area contributed by atoms with Gasteiger partial charge < -0.3 is 4.74 Å². The van der Waals surface area contributed by atoms with Crippen LogP contribution in [-0.4, -0.2) is 6.21 Å². The Labute approximate surface area is 164 Å². The van der Waals surface area contributed by atoms with Crippen molar-refractivity contribution >= 4 is 35.1 Å². The number of benzene rings is 3. The van der Waals surface area contributed by atoms with Gasteiger partial charge in [-0.15, -0.1) is 0 Å². The lowest BCUT2D eigenvalue weighted by Gasteiger charge is -2.09. The fourth-order valence-electron chi connectivity index (χ4n) is 2.46. The van der Waals surface area contributed by atoms with E-state index in [4.69, 9.17) is 27.9 Å². The van der Waals surface area contributed by atoms with Gasteiger partial charge in [0.15, 0.2) is 0 Å². The van der Waals surface area contributed by atoms with Gasteiger partial charge in [0.1, 0.15) is 12.4 Å². The van der Waals surface area contributed by atoms with Gasteiger partial charge in [-0.25, -0.2) is 0 Å². The van der Waals surface area contributed by atoms with Crippen LogP contribution in [0.1, 0.15) is 22.3 Å². The van der Waals surface area contributed by atoms with E-state index in [1.807, 2.05) is 55.6 Å². The predicted molar refractivity (Wildman–Crippen MR) is 110 cm³/mol. The summed E-state index contributed by atoms with van der Waals surface area (Å²) in [7, 11) is 0. The molecule has 0 saturated heterocycles. The molecule has 0 spiro atoms. The highest BCUT2D eigenvalue weighted by molar-refractivity contribution is 6.32. The summed E-state index contributed by atoms with van der Waals surface area (Å²) in [5.74, 6) is 0.644. The number of aryl methyl sites for hydroxylation is 2. The molecule has 2 nitrogen and oxygen atoms in total. The highest BCUT2D eigenvalue weighted by Crippen LogP contribution is 2.27. The van der Waals surface area contributed by atoms with Gasteiger partial charge >= 0.3 is 0 Å². The SMILES string of the molecule is Cc1ccc(C)c(N=Cc2ccc(OCc3ccc(Cl)cc3)c(Cl)c2)c1. The van der Waals surface area contributed by atoms with Crippen molar-refractivity contribution in [1.82, 2.24) is 0 Å². The highest BCUT2D eigenvalue weighted by atomic mass is 35.5. The molecule has 132 valence electrons. The second-order valence-corrected chi connectivity index (χ2v) is 7.00. The fourth-order valence-corrected chi connectivity index (χ4v) is 2.83. The smallest absolute Gasteiger partial charge is 0.138 e. The lowest BCUT2D eigenvalue weighted by Crippen LogP contribution is -1.96. The Morgan fingerprint density at radius 3 is 2.42 bits per heavy atom. The van der Waals surface area contributed by atoms with Gasteiger partial charge in [-0.1, -0.05) is 47.5 Å². The third-order valence-corrected chi connectivity index (χ3v) is 4.53. The van der Waals surface area contributed by atoms with Gasteiger partial charge in [-0.2, -0.15) is 0 Å². The molecule has 0 N–H and O–H groups in total. The Morgan fingerprint density at radius 2 is 1.69 bits per heavy atom. The first-order valence-electron chi connectivity index (χ1n) is 8.29. The van der Waals surface area contributed by atoms with E-state index in [0.717, 1.165) is 22.4 Å². The molecule has 0 aliphatic carbocycles. The quantitative estimate of drug-likeness (QED) is 0.437. The van der Waals surface area contributed by atoms with Crippen molar-refractivity contribution in [2.75, 3.05) is 0 Å². The van der Waals surface area contributed by atoms with Crippen molar-refractivity contribution in [1.29, 1.82) is 0 Å². The molecule has 0 aliphatic rings. The molecule has 0 unspecified atom stereocenters. The molecule has 0 bridgehead atoms. The van der Waals surface area contributed by atoms with Crippen LogP contribution in [0.2, 0.25) is 10.0 Å². The van der Waals surface area contributed by atoms with Crippen LogP contribution in [0.25, 0.3) is 0 Å². The molecule has 0 saturated carbocycles. The number of hydrogen-bond acceptors (Lipinski definition) is 2. The standard InChI is InChI=1S/C22H19Cl2NO/c1-15-3-4-16(2)21(11-15)25-13-18-7-10-22(20(24)12-18)26-14-17-5-8-19(23)9-6-17/h3-13H,14H2,1-2H3. The lowest BCUT2D eigenvalue weighted by atomic mass is 10.1. The summed E-state index contributed by atoms with van der Waals surface area (Å²) in [5.41, 5.74) is 5.25. The Balaban J connectivity index is 1.69. The van der Waals surface area contributed by atoms with Gasteiger partial charge in [0, 0.05) is 11.2 Å². The van der Waals surface area contributed by atoms with Gasteiger partial charge in [-0.05, 0) is 72.5 Å². The van der Waals surface area contributed by atoms with Crippen molar-refractivity contribution in [2.24, 2.45) is 4.99 Å². The maximum Gasteiger partial charge on any atom is 0.138 e. The number of halogens is 2. The molecule has 0 atom stereocenters. The highest BCUT2D eigenvalue weighted by Gasteiger charge is 2.04. The van der Waals surface area contributed by atoms with E-state index in [1.165, 1.54) is 5.56 Å². The number of hydrogen-bond donors (Lipinski definition) is 0. The molecule has 0 aliphatic heterocycles. The van der Waals surface area contributed by atoms with Gasteiger partial charge in [0.2, 0.25) is 0 Å². The summed E-state index contributed by atoms with van der Waals surface area (Å²) in [4.78, 5) is 4.57. The minimum atomic E-state index is 0.437. The van der Waals surface area contributed by atoms with Crippen LogP contribution in [0, 0.1) is 13.8 Å². The molecule has 0 heterocycles. The van der Waals surface area contributed by atoms with E-state index in [0.29, 0.717) is 22.4 Å². The fraction of sp³-hybridized carbons (Fsp3) is 0.136. The number of aliphatic imine (C=N–C) groups is 1. The lowest BCUT2D eigenvalue weighted by molar-refractivity contribution is 0.306. The minimum Gasteiger partial charge on any atom is -0.487 e. The molecule has 4 heteroatoms. The van der Waals surface area contributed by atoms with Crippen molar-refractivity contribution < 1.29 is 4.74 Å². The van der Waals surface area contributed by atoms with Crippen LogP contribution in [0.15, 0.2) is 65.7 Å². The van der Waals surface area contributed by atoms with Crippen molar-refractivity contribution in [3.05, 3.63) is 93.0 Å². The monoisotopic (exact) mass is 383 g/mol. The summed E-state index contributed by atoms with van der Waals surface area (Å²) in [5, 5.41) is 1.27. The largest absolute Gasteiger partial charge is 0.487 e. The zero-order valence-electron chi connectivity index (χ0n) is 14.7. The van der Waals surface area contributed by atoms with Crippen LogP contribution in [0.3, 0.4) is 0 Å². The van der Waals surface area contributed by atoms with Crippen molar-refractivity contribution in [3.8, 4) is 5.75 Å². The molecule has 3 rings (SSSR count). The van der Waals surface area contributed by atoms with Crippen LogP contribution < -0.4 is 4.74 Å². The molecule has 3 aromatic rings. The molecule has 26 heavy (non-hydrogen) atoms. The molecule has 0 amide bonds. The van der Waals surface area contributed by atoms with Crippen LogP contribution in [0.4, 0.5) is 5.69 Å². The van der Waals surface area contributed by atoms with Crippen LogP contribution in [0.5, 0.6) is 5.75 Å². The molecule has 3 aromatic carbocycles. The van der Waals surface area contributed by atoms with E-state index in [9.17, 15) is 0 Å². The third kappa shape index (κ3) is 4.87. The second kappa shape index (κ2) is 8.39. The van der Waals surface area contributed by atoms with E-state index in [-0.39, 0.29) is 0 Å². The Morgan fingerprint density at radius 1 is 0.923 bits per heavy atom. The van der Waals surface area contributed by atoms with Crippen LogP contribution in [-0.2, 0) is 6.61 Å². The predicted octanol–water partition coefficient (Wildman–Crippen LogP) is 6.94. The van der Waals surface area contributed by atoms with Crippen LogP contribution >= 0.6 is 23.2 Å². The molecule has 0 fully saturated rings. The molecule has 0 radical (unpaired) electrons. The average molecular weight is 384 g/mol. The second-order valence-electron chi connectivity index (χ2n) is 6.15. The van der Waals surface area contributed by atoms with Gasteiger partial charge in [-0.3, -0.25) is 4.99 Å². The Bertz CT molecular complexity index is 933. The maximum absolute atomic E-state index is 6.35. The maximum atomic E-state index is 6.35. The average Bonchev–Trinajstić information content (AvgIpc) is 2.63. The summed E-state index contributed by atoms with van der Waals surface area (Å²) < 4.78 is 5.80. The van der Waals surface area contributed by atoms with Gasteiger partial charge in [0.25, 0.3) is 0 Å². The number of rotatable bonds is 5. The first kappa shape index (κ1) is 18.5. The first-order chi connectivity index (χ1) is 12.5. The zero-order valence-corrected chi connectivity index (χ0v) is 16.2. The molecular weight excluding hydrogens is 365 g/mol. The Kier molecular flexibility index (Phi) is 5.97. The zero-order chi connectivity index (χ0) is 18.5. The summed E-state index contributed by atoms with van der Waals surface area (Å²) in [6.45, 7) is 4.54. The molecule has 0 aromatic heterocycles. The number of ether oxygens (including phenoxy) is 1. The summed E-state index contributed by atoms with van der Waals surface area (Å²) >= 11 is 12.2. The normalized spacial score (nSPS) is 11.1. The van der Waals surface area contributed by atoms with Crippen molar-refractivity contribution in [2.45, 2.75) is 20.5 Å². The Hall–Kier alpha value is -2.29. The van der Waals surface area contributed by atoms with E-state index in [1.54, 1.807) is 0 Å². The topological polar surface area (TPSA) is 21.6 Å². The minimum absolute atomic E-state index is 0.437. The van der Waals surface area contributed by atoms with Crippen molar-refractivity contribution in [3.63, 3.8) is 0 Å². The molecular formula is C22H19Cl2NO. The van der Waals surface area contributed by atoms with E-state index < -0.39 is 0 Å². The summed E-state index contributed by atoms with van der Waals surface area (Å²) in [6.07, 6.45) is 1.82.